The maximum atomic E-state index is 12.9. The summed E-state index contributed by atoms with van der Waals surface area (Å²) in [6.07, 6.45) is 61.6. The number of nitrogens with one attached hydrogen (secondary N) is 1. The molecule has 0 spiro atoms. The van der Waals surface area contributed by atoms with Gasteiger partial charge in [0.25, 0.3) is 7.82 Å². The Balaban J connectivity index is 4.16. The van der Waals surface area contributed by atoms with E-state index in [0.29, 0.717) is 17.4 Å². The smallest absolute Gasteiger partial charge is 0.268 e. The molecule has 0 radical (unpaired) electrons. The third-order valence-corrected chi connectivity index (χ3v) is 12.6. The van der Waals surface area contributed by atoms with Crippen molar-refractivity contribution in [3.8, 4) is 0 Å². The average molecular weight is 919 g/mol. The van der Waals surface area contributed by atoms with Crippen molar-refractivity contribution >= 4 is 13.7 Å². The van der Waals surface area contributed by atoms with Crippen molar-refractivity contribution in [1.29, 1.82) is 0 Å². The summed E-state index contributed by atoms with van der Waals surface area (Å²) < 4.78 is 23.2. The lowest BCUT2D eigenvalue weighted by Gasteiger charge is -2.29. The summed E-state index contributed by atoms with van der Waals surface area (Å²) in [4.78, 5) is 25.4. The van der Waals surface area contributed by atoms with Gasteiger partial charge >= 0.3 is 0 Å². The summed E-state index contributed by atoms with van der Waals surface area (Å²) in [5.74, 6) is -0.214. The average Bonchev–Trinajstić information content (AvgIpc) is 3.25. The molecule has 0 aliphatic heterocycles. The lowest BCUT2D eigenvalue weighted by atomic mass is 10.0. The van der Waals surface area contributed by atoms with Crippen molar-refractivity contribution < 1.29 is 32.9 Å². The van der Waals surface area contributed by atoms with E-state index in [0.717, 1.165) is 57.8 Å². The number of phosphoric acid groups is 1. The Morgan fingerprint density at radius 1 is 0.547 bits per heavy atom. The molecule has 0 rings (SSSR count). The highest BCUT2D eigenvalue weighted by Gasteiger charge is 2.23. The van der Waals surface area contributed by atoms with Gasteiger partial charge in [0.15, 0.2) is 0 Å². The van der Waals surface area contributed by atoms with Crippen molar-refractivity contribution in [2.45, 2.75) is 244 Å². The predicted molar refractivity (Wildman–Crippen MR) is 274 cm³/mol. The Kier molecular flexibility index (Phi) is 45.0. The van der Waals surface area contributed by atoms with Crippen LogP contribution in [0.4, 0.5) is 0 Å². The number of carbonyl (C=O) groups is 1. The molecular formula is C55H103N2O6P. The third kappa shape index (κ3) is 48.1. The van der Waals surface area contributed by atoms with Gasteiger partial charge in [-0.15, -0.1) is 0 Å². The number of phosphoric ester groups is 1. The topological polar surface area (TPSA) is 108 Å². The van der Waals surface area contributed by atoms with Gasteiger partial charge in [-0.3, -0.25) is 9.36 Å². The monoisotopic (exact) mass is 919 g/mol. The summed E-state index contributed by atoms with van der Waals surface area (Å²) in [6, 6.07) is -0.911. The maximum absolute atomic E-state index is 12.9. The minimum absolute atomic E-state index is 0.0107. The zero-order valence-electron chi connectivity index (χ0n) is 42.5. The number of aliphatic hydroxyl groups excluding tert-OH is 1. The quantitative estimate of drug-likeness (QED) is 0.0272. The number of quaternary nitrogens is 1. The van der Waals surface area contributed by atoms with E-state index in [9.17, 15) is 19.4 Å². The second-order valence-corrected chi connectivity index (χ2v) is 20.6. The zero-order chi connectivity index (χ0) is 47.1. The Morgan fingerprint density at radius 2 is 0.922 bits per heavy atom. The van der Waals surface area contributed by atoms with Gasteiger partial charge in [-0.05, 0) is 77.0 Å². The third-order valence-electron chi connectivity index (χ3n) is 11.7. The van der Waals surface area contributed by atoms with E-state index >= 15 is 0 Å². The Bertz CT molecular complexity index is 1230. The van der Waals surface area contributed by atoms with Gasteiger partial charge in [-0.25, -0.2) is 0 Å². The Hall–Kier alpha value is -1.80. The highest BCUT2D eigenvalue weighted by Crippen LogP contribution is 2.38. The fourth-order valence-electron chi connectivity index (χ4n) is 7.45. The van der Waals surface area contributed by atoms with Crippen LogP contribution >= 0.6 is 7.82 Å². The van der Waals surface area contributed by atoms with Gasteiger partial charge in [0.1, 0.15) is 13.2 Å². The normalized spacial score (nSPS) is 14.5. The molecule has 2 N–H and O–H groups in total. The van der Waals surface area contributed by atoms with Gasteiger partial charge in [0, 0.05) is 6.42 Å². The van der Waals surface area contributed by atoms with E-state index in [4.69, 9.17) is 9.05 Å². The molecule has 9 heteroatoms. The van der Waals surface area contributed by atoms with Crippen LogP contribution in [0.5, 0.6) is 0 Å². The largest absolute Gasteiger partial charge is 0.756 e. The van der Waals surface area contributed by atoms with E-state index in [1.165, 1.54) is 154 Å². The summed E-state index contributed by atoms with van der Waals surface area (Å²) in [5, 5.41) is 13.8. The van der Waals surface area contributed by atoms with Gasteiger partial charge in [-0.2, -0.15) is 0 Å². The number of nitrogens with zero attached hydrogens (tertiary/aromatic N) is 1. The summed E-state index contributed by atoms with van der Waals surface area (Å²) in [7, 11) is 1.23. The zero-order valence-corrected chi connectivity index (χ0v) is 43.4. The molecule has 3 unspecified atom stereocenters. The number of hydrogen-bond donors (Lipinski definition) is 2. The summed E-state index contributed by atoms with van der Waals surface area (Å²) >= 11 is 0. The number of rotatable bonds is 48. The van der Waals surface area contributed by atoms with Crippen LogP contribution < -0.4 is 10.2 Å². The van der Waals surface area contributed by atoms with Gasteiger partial charge in [-0.1, -0.05) is 209 Å². The lowest BCUT2D eigenvalue weighted by molar-refractivity contribution is -0.870. The van der Waals surface area contributed by atoms with Gasteiger partial charge in [0.2, 0.25) is 5.91 Å². The number of carbonyl (C=O) groups excluding carboxylic acids is 1. The minimum Gasteiger partial charge on any atom is -0.756 e. The molecule has 0 aromatic carbocycles. The number of amides is 1. The van der Waals surface area contributed by atoms with E-state index in [-0.39, 0.29) is 12.5 Å². The lowest BCUT2D eigenvalue weighted by Crippen LogP contribution is -2.45. The minimum atomic E-state index is -4.60. The van der Waals surface area contributed by atoms with Crippen LogP contribution in [0.25, 0.3) is 0 Å². The molecule has 1 amide bonds. The highest BCUT2D eigenvalue weighted by molar-refractivity contribution is 7.45. The van der Waals surface area contributed by atoms with Crippen molar-refractivity contribution in [2.75, 3.05) is 40.9 Å². The summed E-state index contributed by atoms with van der Waals surface area (Å²) in [6.45, 7) is 4.58. The molecule has 0 saturated heterocycles. The maximum Gasteiger partial charge on any atom is 0.268 e. The first-order chi connectivity index (χ1) is 31.0. The first kappa shape index (κ1) is 62.2. The van der Waals surface area contributed by atoms with E-state index in [2.05, 4.69) is 67.8 Å². The molecule has 0 aliphatic carbocycles. The van der Waals surface area contributed by atoms with Crippen LogP contribution in [0.15, 0.2) is 60.8 Å². The predicted octanol–water partition coefficient (Wildman–Crippen LogP) is 15.1. The van der Waals surface area contributed by atoms with Crippen molar-refractivity contribution in [3.05, 3.63) is 60.8 Å². The van der Waals surface area contributed by atoms with E-state index < -0.39 is 26.6 Å². The molecule has 0 bridgehead atoms. The van der Waals surface area contributed by atoms with E-state index in [1.807, 2.05) is 27.2 Å². The van der Waals surface area contributed by atoms with Crippen LogP contribution in [0.1, 0.15) is 232 Å². The fourth-order valence-corrected chi connectivity index (χ4v) is 8.17. The number of hydrogen-bond acceptors (Lipinski definition) is 6. The van der Waals surface area contributed by atoms with Gasteiger partial charge < -0.3 is 28.8 Å². The van der Waals surface area contributed by atoms with Crippen LogP contribution in [0, 0.1) is 0 Å². The second kappa shape index (κ2) is 46.3. The molecular weight excluding hydrogens is 816 g/mol. The van der Waals surface area contributed by atoms with Crippen molar-refractivity contribution in [1.82, 2.24) is 5.32 Å². The molecule has 8 nitrogen and oxygen atoms in total. The van der Waals surface area contributed by atoms with E-state index in [1.54, 1.807) is 6.08 Å². The molecule has 0 aromatic heterocycles. The second-order valence-electron chi connectivity index (χ2n) is 19.2. The summed E-state index contributed by atoms with van der Waals surface area (Å²) in [5.41, 5.74) is 0. The Labute approximate surface area is 396 Å². The molecule has 0 saturated carbocycles. The SMILES string of the molecule is CCCCC/C=C/CC/C=C/CC/C=C/C(O)C(COP(=O)([O-])OCC[N+](C)(C)C)NC(=O)CCCCCCCCCCCCCCC/C=C\C/C=C\CCCCCCCCCCC. The van der Waals surface area contributed by atoms with Crippen LogP contribution in [-0.2, 0) is 18.4 Å². The molecule has 0 heterocycles. The molecule has 0 fully saturated rings. The Morgan fingerprint density at radius 3 is 1.39 bits per heavy atom. The molecule has 64 heavy (non-hydrogen) atoms. The van der Waals surface area contributed by atoms with Crippen LogP contribution in [0.2, 0.25) is 0 Å². The number of aliphatic hydroxyl groups is 1. The van der Waals surface area contributed by atoms with Crippen molar-refractivity contribution in [3.63, 3.8) is 0 Å². The molecule has 0 aromatic rings. The first-order valence-electron chi connectivity index (χ1n) is 26.7. The fraction of sp³-hybridized carbons (Fsp3) is 0.800. The van der Waals surface area contributed by atoms with Gasteiger partial charge in [0.05, 0.1) is 39.9 Å². The van der Waals surface area contributed by atoms with Crippen LogP contribution in [0.3, 0.4) is 0 Å². The molecule has 374 valence electrons. The molecule has 0 aliphatic rings. The molecule has 3 atom stereocenters. The number of likely N-dealkylation sites (N-methyl/N-ethyl adjacent to an activating group) is 1. The van der Waals surface area contributed by atoms with Crippen LogP contribution in [-0.4, -0.2) is 68.5 Å². The number of unbranched alkanes of at least 4 members (excludes halogenated alkanes) is 27. The van der Waals surface area contributed by atoms with Crippen molar-refractivity contribution in [2.24, 2.45) is 0 Å². The number of allylic oxidation sites excluding steroid dienone is 9. The first-order valence-corrected chi connectivity index (χ1v) is 28.1. The standard InChI is InChI=1S/C55H103N2O6P/c1-6-8-10-12-14-16-18-20-21-22-23-24-25-26-27-28-29-30-31-32-33-34-35-37-39-41-43-45-47-49-55(59)56-53(52-63-64(60,61)62-51-50-57(3,4)5)54(58)48-46-44-42-40-38-36-19-17-15-13-11-9-7-2/h15,17,23-24,26-27,38,40,46,48,53-54,58H,6-14,16,18-22,25,28-37,39,41-45,47,49-52H2,1-5H3,(H-,56,59,60,61)/b17-15+,24-23-,27-26-,40-38+,48-46+. The highest BCUT2D eigenvalue weighted by atomic mass is 31.2.